The Hall–Kier alpha value is -1.69. The van der Waals surface area contributed by atoms with Gasteiger partial charge in [0.1, 0.15) is 0 Å². The molecule has 0 saturated heterocycles. The highest BCUT2D eigenvalue weighted by Crippen LogP contribution is 2.06. The van der Waals surface area contributed by atoms with Gasteiger partial charge in [-0.2, -0.15) is 4.98 Å². The van der Waals surface area contributed by atoms with Gasteiger partial charge in [0.15, 0.2) is 5.65 Å². The van der Waals surface area contributed by atoms with Crippen LogP contribution < -0.4 is 10.1 Å². The minimum Gasteiger partial charge on any atom is -0.466 e. The summed E-state index contributed by atoms with van der Waals surface area (Å²) in [6.45, 7) is 0.710. The van der Waals surface area contributed by atoms with Crippen molar-refractivity contribution in [3.8, 4) is 6.01 Å². The maximum atomic E-state index is 4.93. The van der Waals surface area contributed by atoms with Crippen molar-refractivity contribution < 1.29 is 4.74 Å². The summed E-state index contributed by atoms with van der Waals surface area (Å²) in [6.07, 6.45) is 3.39. The van der Waals surface area contributed by atoms with E-state index in [-0.39, 0.29) is 0 Å². The number of aromatic nitrogens is 4. The molecule has 2 rings (SSSR count). The molecule has 0 aromatic carbocycles. The third-order valence-electron chi connectivity index (χ3n) is 1.85. The lowest BCUT2D eigenvalue weighted by atomic mass is 10.5. The van der Waals surface area contributed by atoms with Crippen LogP contribution in [-0.2, 0) is 6.54 Å². The second kappa shape index (κ2) is 3.59. The van der Waals surface area contributed by atoms with E-state index in [0.29, 0.717) is 12.6 Å². The van der Waals surface area contributed by atoms with E-state index in [2.05, 4.69) is 20.4 Å². The van der Waals surface area contributed by atoms with Crippen molar-refractivity contribution in [3.63, 3.8) is 0 Å². The van der Waals surface area contributed by atoms with Crippen LogP contribution in [0.4, 0.5) is 0 Å². The van der Waals surface area contributed by atoms with Crippen molar-refractivity contribution in [1.29, 1.82) is 0 Å². The van der Waals surface area contributed by atoms with Crippen LogP contribution >= 0.6 is 0 Å². The van der Waals surface area contributed by atoms with Crippen molar-refractivity contribution >= 4 is 5.65 Å². The first-order valence-corrected chi connectivity index (χ1v) is 4.23. The van der Waals surface area contributed by atoms with E-state index in [0.717, 1.165) is 11.3 Å². The molecule has 0 saturated carbocycles. The summed E-state index contributed by atoms with van der Waals surface area (Å²) in [4.78, 5) is 8.12. The van der Waals surface area contributed by atoms with Gasteiger partial charge in [0.05, 0.1) is 25.2 Å². The number of rotatable bonds is 3. The van der Waals surface area contributed by atoms with Gasteiger partial charge in [0, 0.05) is 6.54 Å². The Bertz CT molecular complexity index is 438. The molecule has 0 radical (unpaired) electrons. The first-order chi connectivity index (χ1) is 6.85. The van der Waals surface area contributed by atoms with Crippen molar-refractivity contribution in [1.82, 2.24) is 24.9 Å². The van der Waals surface area contributed by atoms with Gasteiger partial charge < -0.3 is 10.1 Å². The summed E-state index contributed by atoms with van der Waals surface area (Å²) in [5, 5.41) is 7.19. The fourth-order valence-corrected chi connectivity index (χ4v) is 1.22. The Balaban J connectivity index is 2.52. The summed E-state index contributed by atoms with van der Waals surface area (Å²) in [6, 6.07) is 0.341. The molecule has 0 aliphatic rings. The number of imidazole rings is 1. The van der Waals surface area contributed by atoms with Crippen LogP contribution in [0.1, 0.15) is 5.69 Å². The van der Waals surface area contributed by atoms with E-state index < -0.39 is 0 Å². The molecule has 2 aromatic rings. The van der Waals surface area contributed by atoms with Crippen LogP contribution in [0.2, 0.25) is 0 Å². The smallest absolute Gasteiger partial charge is 0.334 e. The Morgan fingerprint density at radius 3 is 3.00 bits per heavy atom. The third-order valence-corrected chi connectivity index (χ3v) is 1.85. The van der Waals surface area contributed by atoms with Crippen LogP contribution in [0.15, 0.2) is 12.4 Å². The number of fused-ring (bicyclic) bond motifs is 1. The third kappa shape index (κ3) is 1.39. The van der Waals surface area contributed by atoms with Gasteiger partial charge in [-0.15, -0.1) is 5.10 Å². The summed E-state index contributed by atoms with van der Waals surface area (Å²) in [5.41, 5.74) is 1.69. The molecule has 1 N–H and O–H groups in total. The molecule has 2 aromatic heterocycles. The summed E-state index contributed by atoms with van der Waals surface area (Å²) >= 11 is 0. The lowest BCUT2D eigenvalue weighted by Crippen LogP contribution is -2.09. The molecule has 14 heavy (non-hydrogen) atoms. The highest BCUT2D eigenvalue weighted by atomic mass is 16.5. The highest BCUT2D eigenvalue weighted by Gasteiger charge is 2.05. The molecule has 0 spiro atoms. The summed E-state index contributed by atoms with van der Waals surface area (Å²) in [5.74, 6) is 0. The molecule has 2 heterocycles. The van der Waals surface area contributed by atoms with Gasteiger partial charge in [-0.05, 0) is 7.05 Å². The Kier molecular flexibility index (Phi) is 2.28. The number of nitrogens with one attached hydrogen (secondary N) is 1. The summed E-state index contributed by atoms with van der Waals surface area (Å²) < 4.78 is 6.64. The first kappa shape index (κ1) is 8.89. The van der Waals surface area contributed by atoms with Gasteiger partial charge >= 0.3 is 6.01 Å². The molecule has 6 heteroatoms. The number of ether oxygens (including phenoxy) is 1. The van der Waals surface area contributed by atoms with Crippen LogP contribution in [0.3, 0.4) is 0 Å². The Morgan fingerprint density at radius 1 is 1.43 bits per heavy atom. The Morgan fingerprint density at radius 2 is 2.29 bits per heavy atom. The van der Waals surface area contributed by atoms with E-state index in [1.807, 2.05) is 7.05 Å². The number of hydrogen-bond acceptors (Lipinski definition) is 5. The average molecular weight is 193 g/mol. The van der Waals surface area contributed by atoms with E-state index >= 15 is 0 Å². The van der Waals surface area contributed by atoms with Gasteiger partial charge in [-0.25, -0.2) is 9.50 Å². The van der Waals surface area contributed by atoms with Crippen LogP contribution in [0.5, 0.6) is 6.01 Å². The van der Waals surface area contributed by atoms with Gasteiger partial charge in [0.2, 0.25) is 0 Å². The molecule has 74 valence electrons. The average Bonchev–Trinajstić information content (AvgIpc) is 2.61. The molecule has 0 aliphatic heterocycles. The lowest BCUT2D eigenvalue weighted by molar-refractivity contribution is 0.370. The van der Waals surface area contributed by atoms with Gasteiger partial charge in [-0.1, -0.05) is 0 Å². The quantitative estimate of drug-likeness (QED) is 0.734. The molecule has 0 bridgehead atoms. The van der Waals surface area contributed by atoms with Crippen molar-refractivity contribution in [2.24, 2.45) is 0 Å². The second-order valence-corrected chi connectivity index (χ2v) is 2.79. The van der Waals surface area contributed by atoms with E-state index in [1.54, 1.807) is 16.9 Å². The van der Waals surface area contributed by atoms with Crippen molar-refractivity contribution in [3.05, 3.63) is 18.1 Å². The zero-order valence-electron chi connectivity index (χ0n) is 8.06. The van der Waals surface area contributed by atoms with E-state index in [9.17, 15) is 0 Å². The normalized spacial score (nSPS) is 10.7. The molecule has 0 aliphatic carbocycles. The minimum atomic E-state index is 0.341. The fraction of sp³-hybridized carbons (Fsp3) is 0.375. The van der Waals surface area contributed by atoms with E-state index in [4.69, 9.17) is 4.74 Å². The lowest BCUT2D eigenvalue weighted by Gasteiger charge is -2.00. The number of nitrogens with zero attached hydrogens (tertiary/aromatic N) is 4. The summed E-state index contributed by atoms with van der Waals surface area (Å²) in [7, 11) is 3.41. The van der Waals surface area contributed by atoms with Gasteiger partial charge in [0.25, 0.3) is 0 Å². The standard InChI is InChI=1S/C8H11N5O/c1-9-3-6-4-10-7-5-11-8(14-2)12-13(6)7/h4-5,9H,3H2,1-2H3. The molecule has 0 unspecified atom stereocenters. The molecule has 0 fully saturated rings. The highest BCUT2D eigenvalue weighted by molar-refractivity contribution is 5.35. The SMILES string of the molecule is CNCc1cnc2cnc(OC)nn12. The predicted molar refractivity (Wildman–Crippen MR) is 50.1 cm³/mol. The predicted octanol–water partition coefficient (Wildman–Crippen LogP) is -0.148. The maximum absolute atomic E-state index is 4.93. The molecular weight excluding hydrogens is 182 g/mol. The Labute approximate surface area is 80.9 Å². The minimum absolute atomic E-state index is 0.341. The zero-order chi connectivity index (χ0) is 9.97. The molecular formula is C8H11N5O. The van der Waals surface area contributed by atoms with Crippen LogP contribution in [0.25, 0.3) is 5.65 Å². The maximum Gasteiger partial charge on any atom is 0.334 e. The second-order valence-electron chi connectivity index (χ2n) is 2.79. The van der Waals surface area contributed by atoms with Gasteiger partial charge in [-0.3, -0.25) is 0 Å². The molecule has 0 atom stereocenters. The molecule has 0 amide bonds. The number of methoxy groups -OCH3 is 1. The first-order valence-electron chi connectivity index (χ1n) is 4.23. The molecule has 6 nitrogen and oxygen atoms in total. The van der Waals surface area contributed by atoms with Crippen molar-refractivity contribution in [2.75, 3.05) is 14.2 Å². The largest absolute Gasteiger partial charge is 0.466 e. The monoisotopic (exact) mass is 193 g/mol. The van der Waals surface area contributed by atoms with Crippen molar-refractivity contribution in [2.45, 2.75) is 6.54 Å². The van der Waals surface area contributed by atoms with Crippen LogP contribution in [-0.4, -0.2) is 33.7 Å². The van der Waals surface area contributed by atoms with E-state index in [1.165, 1.54) is 7.11 Å². The zero-order valence-corrected chi connectivity index (χ0v) is 8.06. The fourth-order valence-electron chi connectivity index (χ4n) is 1.22. The number of hydrogen-bond donors (Lipinski definition) is 1. The van der Waals surface area contributed by atoms with Crippen LogP contribution in [0, 0.1) is 0 Å². The topological polar surface area (TPSA) is 64.3 Å².